The third-order valence-corrected chi connectivity index (χ3v) is 13.1. The zero-order chi connectivity index (χ0) is 29.6. The number of nitrogens with one attached hydrogen (secondary N) is 2. The van der Waals surface area contributed by atoms with Crippen LogP contribution in [0.2, 0.25) is 18.1 Å². The van der Waals surface area contributed by atoms with Crippen LogP contribution in [0.5, 0.6) is 0 Å². The zero-order valence-electron chi connectivity index (χ0n) is 23.3. The number of hydrogen-bond donors (Lipinski definition) is 2. The number of nitrogens with zero attached hydrogens (tertiary/aromatic N) is 1. The molecular weight excluding hydrogens is 538 g/mol. The van der Waals surface area contributed by atoms with Gasteiger partial charge in [0.2, 0.25) is 10.0 Å². The fraction of sp³-hybridized carbons (Fsp3) is 0.444. The van der Waals surface area contributed by atoms with Gasteiger partial charge in [-0.1, -0.05) is 69.2 Å². The second kappa shape index (κ2) is 12.4. The maximum atomic E-state index is 13.5. The fourth-order valence-corrected chi connectivity index (χ4v) is 5.99. The van der Waals surface area contributed by atoms with Crippen molar-refractivity contribution in [1.82, 2.24) is 10.0 Å². The minimum Gasteiger partial charge on any atom is -0.468 e. The summed E-state index contributed by atoms with van der Waals surface area (Å²) in [6.07, 6.45) is 5.98. The molecule has 10 nitrogen and oxygen atoms in total. The lowest BCUT2D eigenvalue weighted by atomic mass is 9.91. The Morgan fingerprint density at radius 1 is 1.10 bits per heavy atom. The van der Waals surface area contributed by atoms with Gasteiger partial charge in [0.1, 0.15) is 6.04 Å². The molecule has 2 aromatic rings. The Hall–Kier alpha value is -3.08. The monoisotopic (exact) mass is 575 g/mol. The van der Waals surface area contributed by atoms with Crippen LogP contribution in [0.3, 0.4) is 0 Å². The summed E-state index contributed by atoms with van der Waals surface area (Å²) in [5.41, 5.74) is -1.54. The molecule has 0 saturated heterocycles. The number of ether oxygens (including phenoxy) is 1. The number of para-hydroxylation sites is 1. The highest BCUT2D eigenvalue weighted by Crippen LogP contribution is 2.37. The maximum absolute atomic E-state index is 13.5. The number of carbonyl (C=O) groups excluding carboxylic acids is 1. The van der Waals surface area contributed by atoms with Crippen LogP contribution >= 0.6 is 0 Å². The van der Waals surface area contributed by atoms with Crippen molar-refractivity contribution in [3.8, 4) is 12.3 Å². The highest BCUT2D eigenvalue weighted by atomic mass is 32.2. The molecule has 0 bridgehead atoms. The number of benzene rings is 2. The summed E-state index contributed by atoms with van der Waals surface area (Å²) in [4.78, 5) is 23.1. The van der Waals surface area contributed by atoms with E-state index in [0.29, 0.717) is 5.56 Å². The van der Waals surface area contributed by atoms with Gasteiger partial charge in [0.25, 0.3) is 5.69 Å². The van der Waals surface area contributed by atoms with E-state index in [1.807, 2.05) is 33.9 Å². The van der Waals surface area contributed by atoms with Gasteiger partial charge in [-0.05, 0) is 36.7 Å². The molecule has 0 fully saturated rings. The van der Waals surface area contributed by atoms with E-state index < -0.39 is 57.4 Å². The lowest BCUT2D eigenvalue weighted by molar-refractivity contribution is -0.387. The maximum Gasteiger partial charge on any atom is 0.327 e. The number of esters is 1. The summed E-state index contributed by atoms with van der Waals surface area (Å²) >= 11 is 0. The summed E-state index contributed by atoms with van der Waals surface area (Å²) in [7, 11) is -5.63. The van der Waals surface area contributed by atoms with Crippen LogP contribution in [0.1, 0.15) is 39.3 Å². The number of methoxy groups -OCH3 is 1. The number of nitro benzene ring substituents is 1. The molecule has 2 aromatic carbocycles. The molecule has 0 saturated carbocycles. The van der Waals surface area contributed by atoms with Gasteiger partial charge in [0.05, 0.1) is 30.2 Å². The Labute approximate surface area is 231 Å². The number of terminal acetylenes is 1. The van der Waals surface area contributed by atoms with Crippen molar-refractivity contribution in [2.45, 2.75) is 68.3 Å². The van der Waals surface area contributed by atoms with Gasteiger partial charge in [-0.3, -0.25) is 15.4 Å². The first-order chi connectivity index (χ1) is 18.0. The first-order valence-corrected chi connectivity index (χ1v) is 16.7. The molecule has 0 aromatic heterocycles. The minimum atomic E-state index is -4.47. The van der Waals surface area contributed by atoms with Gasteiger partial charge < -0.3 is 9.16 Å². The Balaban J connectivity index is 2.60. The van der Waals surface area contributed by atoms with E-state index in [9.17, 15) is 23.3 Å². The van der Waals surface area contributed by atoms with Crippen LogP contribution in [-0.4, -0.2) is 52.9 Å². The van der Waals surface area contributed by atoms with E-state index in [-0.39, 0.29) is 11.6 Å². The summed E-state index contributed by atoms with van der Waals surface area (Å²) in [6.45, 7) is 11.5. The molecular formula is C27H37N3O7SSi. The average molecular weight is 576 g/mol. The molecule has 0 radical (unpaired) electrons. The summed E-state index contributed by atoms with van der Waals surface area (Å²) in [6, 6.07) is 11.5. The molecule has 212 valence electrons. The zero-order valence-corrected chi connectivity index (χ0v) is 25.2. The number of hydrogen-bond acceptors (Lipinski definition) is 8. The summed E-state index contributed by atoms with van der Waals surface area (Å²) in [5.74, 6) is 1.97. The van der Waals surface area contributed by atoms with Crippen LogP contribution in [0.15, 0.2) is 59.5 Å². The van der Waals surface area contributed by atoms with Crippen molar-refractivity contribution in [2.24, 2.45) is 0 Å². The van der Waals surface area contributed by atoms with E-state index in [1.165, 1.54) is 19.2 Å². The van der Waals surface area contributed by atoms with Crippen LogP contribution in [0, 0.1) is 22.5 Å². The minimum absolute atomic E-state index is 0.160. The van der Waals surface area contributed by atoms with Gasteiger partial charge in [0.15, 0.2) is 13.2 Å². The van der Waals surface area contributed by atoms with Gasteiger partial charge in [0, 0.05) is 6.07 Å². The van der Waals surface area contributed by atoms with Crippen molar-refractivity contribution >= 4 is 30.0 Å². The topological polar surface area (TPSA) is 137 Å². The van der Waals surface area contributed by atoms with Gasteiger partial charge in [-0.15, -0.1) is 6.42 Å². The molecule has 12 heteroatoms. The van der Waals surface area contributed by atoms with E-state index >= 15 is 0 Å². The Kier molecular flexibility index (Phi) is 10.2. The quantitative estimate of drug-likeness (QED) is 0.127. The second-order valence-electron chi connectivity index (χ2n) is 10.8. The average Bonchev–Trinajstić information content (AvgIpc) is 2.88. The number of nitro groups is 1. The van der Waals surface area contributed by atoms with Crippen LogP contribution in [-0.2, 0) is 24.0 Å². The van der Waals surface area contributed by atoms with E-state index in [4.69, 9.17) is 15.6 Å². The molecule has 39 heavy (non-hydrogen) atoms. The van der Waals surface area contributed by atoms with Crippen LogP contribution in [0.4, 0.5) is 5.69 Å². The van der Waals surface area contributed by atoms with E-state index in [0.717, 1.165) is 12.1 Å². The van der Waals surface area contributed by atoms with Crippen molar-refractivity contribution in [3.05, 3.63) is 70.3 Å². The molecule has 0 aliphatic rings. The van der Waals surface area contributed by atoms with Crippen LogP contribution < -0.4 is 10.0 Å². The molecule has 2 N–H and O–H groups in total. The molecule has 0 heterocycles. The smallest absolute Gasteiger partial charge is 0.327 e. The van der Waals surface area contributed by atoms with E-state index in [1.54, 1.807) is 37.3 Å². The van der Waals surface area contributed by atoms with Gasteiger partial charge in [-0.2, -0.15) is 0 Å². The second-order valence-corrected chi connectivity index (χ2v) is 17.3. The van der Waals surface area contributed by atoms with Gasteiger partial charge >= 0.3 is 5.97 Å². The molecule has 0 spiro atoms. The fourth-order valence-electron chi connectivity index (χ4n) is 3.50. The highest BCUT2D eigenvalue weighted by molar-refractivity contribution is 7.89. The SMILES string of the molecule is C#C[C@@](C)(N[C@H](C(=O)OC)c1ccccc1)[C@@H](CO[Si](C)(C)C(C)(C)C)NS(=O)(=O)c1ccccc1[N+](=O)[O-]. The third kappa shape index (κ3) is 7.74. The Bertz CT molecular complexity index is 1320. The predicted molar refractivity (Wildman–Crippen MR) is 152 cm³/mol. The molecule has 2 rings (SSSR count). The number of sulfonamides is 1. The Morgan fingerprint density at radius 2 is 1.67 bits per heavy atom. The van der Waals surface area contributed by atoms with Gasteiger partial charge in [-0.25, -0.2) is 17.9 Å². The Morgan fingerprint density at radius 3 is 2.18 bits per heavy atom. The standard InChI is InChI=1S/C27H37N3O7SSi/c1-9-27(5,28-24(25(31)36-6)20-15-11-10-12-16-20)23(19-37-39(7,8)26(2,3)4)29-38(34,35)22-18-14-13-17-21(22)30(32)33/h1,10-18,23-24,28-29H,19H2,2-8H3/t23-,24+,27-/m1/s1. The summed E-state index contributed by atoms with van der Waals surface area (Å²) < 4.78 is 41.0. The molecule has 0 aliphatic carbocycles. The van der Waals surface area contributed by atoms with E-state index in [2.05, 4.69) is 16.0 Å². The first-order valence-electron chi connectivity index (χ1n) is 12.3. The van der Waals surface area contributed by atoms with Crippen molar-refractivity contribution in [1.29, 1.82) is 0 Å². The molecule has 0 amide bonds. The van der Waals surface area contributed by atoms with Crippen molar-refractivity contribution in [3.63, 3.8) is 0 Å². The van der Waals surface area contributed by atoms with Crippen molar-refractivity contribution in [2.75, 3.05) is 13.7 Å². The largest absolute Gasteiger partial charge is 0.468 e. The lowest BCUT2D eigenvalue weighted by Crippen LogP contribution is -2.62. The molecule has 0 unspecified atom stereocenters. The predicted octanol–water partition coefficient (Wildman–Crippen LogP) is 4.16. The van der Waals surface area contributed by atoms with Crippen molar-refractivity contribution < 1.29 is 27.3 Å². The first kappa shape index (κ1) is 32.1. The van der Waals surface area contributed by atoms with Crippen LogP contribution in [0.25, 0.3) is 0 Å². The highest BCUT2D eigenvalue weighted by Gasteiger charge is 2.44. The molecule has 3 atom stereocenters. The summed E-state index contributed by atoms with van der Waals surface area (Å²) in [5, 5.41) is 14.5. The number of carbonyl (C=O) groups is 1. The third-order valence-electron chi connectivity index (χ3n) is 7.08. The normalized spacial score (nSPS) is 15.4. The lowest BCUT2D eigenvalue weighted by Gasteiger charge is -2.41. The number of rotatable bonds is 12. The molecule has 0 aliphatic heterocycles.